The van der Waals surface area contributed by atoms with Crippen LogP contribution in [0.1, 0.15) is 44.7 Å². The van der Waals surface area contributed by atoms with Crippen molar-refractivity contribution in [2.45, 2.75) is 39.2 Å². The molecule has 1 unspecified atom stereocenters. The fourth-order valence-electron chi connectivity index (χ4n) is 2.87. The number of piperidine rings is 1. The second kappa shape index (κ2) is 8.38. The highest BCUT2D eigenvalue weighted by Crippen LogP contribution is 2.26. The van der Waals surface area contributed by atoms with Gasteiger partial charge in [-0.25, -0.2) is 0 Å². The lowest BCUT2D eigenvalue weighted by Gasteiger charge is -2.30. The van der Waals surface area contributed by atoms with E-state index in [0.29, 0.717) is 5.02 Å². The number of nitrogens with zero attached hydrogens (tertiary/aromatic N) is 1. The standard InChI is InChI=1S/C17H26Cl2N2/c1-13-6-10-21(11-7-13)9-3-8-20-14(2)16-5-4-15(18)12-17(16)19/h4-5,12-14,20H,3,6-11H2,1-2H3. The van der Waals surface area contributed by atoms with E-state index in [1.807, 2.05) is 18.2 Å². The third-order valence-corrected chi connectivity index (χ3v) is 4.97. The minimum atomic E-state index is 0.260. The van der Waals surface area contributed by atoms with Crippen molar-refractivity contribution in [1.29, 1.82) is 0 Å². The van der Waals surface area contributed by atoms with Gasteiger partial charge in [0.2, 0.25) is 0 Å². The number of benzene rings is 1. The van der Waals surface area contributed by atoms with Crippen LogP contribution in [0.4, 0.5) is 0 Å². The Morgan fingerprint density at radius 3 is 2.67 bits per heavy atom. The molecule has 0 saturated carbocycles. The Morgan fingerprint density at radius 2 is 2.00 bits per heavy atom. The minimum absolute atomic E-state index is 0.260. The van der Waals surface area contributed by atoms with Crippen molar-refractivity contribution >= 4 is 23.2 Å². The fraction of sp³-hybridized carbons (Fsp3) is 0.647. The van der Waals surface area contributed by atoms with Gasteiger partial charge in [-0.15, -0.1) is 0 Å². The van der Waals surface area contributed by atoms with Crippen LogP contribution >= 0.6 is 23.2 Å². The maximum Gasteiger partial charge on any atom is 0.0468 e. The van der Waals surface area contributed by atoms with E-state index in [0.717, 1.165) is 23.0 Å². The van der Waals surface area contributed by atoms with Crippen LogP contribution in [-0.2, 0) is 0 Å². The van der Waals surface area contributed by atoms with Gasteiger partial charge in [-0.05, 0) is 76.0 Å². The van der Waals surface area contributed by atoms with Gasteiger partial charge in [-0.3, -0.25) is 0 Å². The molecule has 1 heterocycles. The molecule has 1 fully saturated rings. The smallest absolute Gasteiger partial charge is 0.0468 e. The van der Waals surface area contributed by atoms with Crippen LogP contribution in [0, 0.1) is 5.92 Å². The molecule has 1 aromatic rings. The molecule has 118 valence electrons. The molecule has 1 aromatic carbocycles. The van der Waals surface area contributed by atoms with Gasteiger partial charge >= 0.3 is 0 Å². The van der Waals surface area contributed by atoms with Gasteiger partial charge in [0, 0.05) is 16.1 Å². The van der Waals surface area contributed by atoms with E-state index in [-0.39, 0.29) is 6.04 Å². The van der Waals surface area contributed by atoms with E-state index in [1.54, 1.807) is 0 Å². The van der Waals surface area contributed by atoms with E-state index in [2.05, 4.69) is 24.1 Å². The van der Waals surface area contributed by atoms with Gasteiger partial charge in [0.25, 0.3) is 0 Å². The predicted molar refractivity (Wildman–Crippen MR) is 92.3 cm³/mol. The summed E-state index contributed by atoms with van der Waals surface area (Å²) in [5, 5.41) is 4.99. The number of likely N-dealkylation sites (tertiary alicyclic amines) is 1. The molecule has 0 aliphatic carbocycles. The molecule has 2 rings (SSSR count). The van der Waals surface area contributed by atoms with Crippen molar-refractivity contribution in [3.05, 3.63) is 33.8 Å². The first kappa shape index (κ1) is 17.1. The topological polar surface area (TPSA) is 15.3 Å². The molecule has 1 N–H and O–H groups in total. The van der Waals surface area contributed by atoms with Crippen molar-refractivity contribution in [3.8, 4) is 0 Å². The number of halogens is 2. The van der Waals surface area contributed by atoms with Crippen molar-refractivity contribution in [3.63, 3.8) is 0 Å². The summed E-state index contributed by atoms with van der Waals surface area (Å²) >= 11 is 12.2. The Labute approximate surface area is 138 Å². The molecule has 21 heavy (non-hydrogen) atoms. The number of nitrogens with one attached hydrogen (secondary N) is 1. The summed E-state index contributed by atoms with van der Waals surface area (Å²) in [6.45, 7) is 9.25. The third-order valence-electron chi connectivity index (χ3n) is 4.41. The number of rotatable bonds is 6. The van der Waals surface area contributed by atoms with E-state index in [4.69, 9.17) is 23.2 Å². The maximum atomic E-state index is 6.24. The van der Waals surface area contributed by atoms with Crippen LogP contribution < -0.4 is 5.32 Å². The van der Waals surface area contributed by atoms with Crippen LogP contribution in [0.2, 0.25) is 10.0 Å². The Kier molecular flexibility index (Phi) is 6.81. The van der Waals surface area contributed by atoms with E-state index in [1.165, 1.54) is 38.9 Å². The van der Waals surface area contributed by atoms with Gasteiger partial charge in [-0.2, -0.15) is 0 Å². The molecule has 0 aromatic heterocycles. The molecular weight excluding hydrogens is 303 g/mol. The van der Waals surface area contributed by atoms with E-state index >= 15 is 0 Å². The second-order valence-corrected chi connectivity index (χ2v) is 7.06. The van der Waals surface area contributed by atoms with Gasteiger partial charge in [0.15, 0.2) is 0 Å². The van der Waals surface area contributed by atoms with Gasteiger partial charge < -0.3 is 10.2 Å². The first-order chi connectivity index (χ1) is 10.1. The predicted octanol–water partition coefficient (Wildman–Crippen LogP) is 4.77. The average molecular weight is 329 g/mol. The minimum Gasteiger partial charge on any atom is -0.310 e. The summed E-state index contributed by atoms with van der Waals surface area (Å²) in [5.41, 5.74) is 1.12. The molecule has 0 spiro atoms. The van der Waals surface area contributed by atoms with Crippen molar-refractivity contribution in [2.24, 2.45) is 5.92 Å². The lowest BCUT2D eigenvalue weighted by Crippen LogP contribution is -2.35. The molecule has 2 nitrogen and oxygen atoms in total. The largest absolute Gasteiger partial charge is 0.310 e. The van der Waals surface area contributed by atoms with E-state index in [9.17, 15) is 0 Å². The summed E-state index contributed by atoms with van der Waals surface area (Å²) in [7, 11) is 0. The Hall–Kier alpha value is -0.280. The van der Waals surface area contributed by atoms with Crippen LogP contribution in [-0.4, -0.2) is 31.1 Å². The zero-order chi connectivity index (χ0) is 15.2. The number of hydrogen-bond acceptors (Lipinski definition) is 2. The van der Waals surface area contributed by atoms with Crippen LogP contribution in [0.25, 0.3) is 0 Å². The highest BCUT2D eigenvalue weighted by atomic mass is 35.5. The zero-order valence-corrected chi connectivity index (χ0v) is 14.6. The van der Waals surface area contributed by atoms with Gasteiger partial charge in [0.05, 0.1) is 0 Å². The highest BCUT2D eigenvalue weighted by Gasteiger charge is 2.15. The third kappa shape index (κ3) is 5.45. The van der Waals surface area contributed by atoms with E-state index < -0.39 is 0 Å². The molecular formula is C17H26Cl2N2. The van der Waals surface area contributed by atoms with Crippen LogP contribution in [0.3, 0.4) is 0 Å². The highest BCUT2D eigenvalue weighted by molar-refractivity contribution is 6.35. The summed E-state index contributed by atoms with van der Waals surface area (Å²) < 4.78 is 0. The average Bonchev–Trinajstić information content (AvgIpc) is 2.45. The molecule has 1 aliphatic heterocycles. The second-order valence-electron chi connectivity index (χ2n) is 6.22. The molecule has 4 heteroatoms. The normalized spacial score (nSPS) is 18.9. The lowest BCUT2D eigenvalue weighted by atomic mass is 9.99. The summed E-state index contributed by atoms with van der Waals surface area (Å²) in [6.07, 6.45) is 3.89. The van der Waals surface area contributed by atoms with Crippen molar-refractivity contribution in [2.75, 3.05) is 26.2 Å². The molecule has 1 aliphatic rings. The Balaban J connectivity index is 1.68. The molecule has 0 bridgehead atoms. The van der Waals surface area contributed by atoms with Crippen LogP contribution in [0.5, 0.6) is 0 Å². The monoisotopic (exact) mass is 328 g/mol. The Morgan fingerprint density at radius 1 is 1.29 bits per heavy atom. The quantitative estimate of drug-likeness (QED) is 0.757. The first-order valence-electron chi connectivity index (χ1n) is 7.97. The summed E-state index contributed by atoms with van der Waals surface area (Å²) in [4.78, 5) is 2.58. The molecule has 1 saturated heterocycles. The summed E-state index contributed by atoms with van der Waals surface area (Å²) in [6, 6.07) is 5.98. The number of hydrogen-bond donors (Lipinski definition) is 1. The van der Waals surface area contributed by atoms with Gasteiger partial charge in [0.1, 0.15) is 0 Å². The molecule has 0 amide bonds. The van der Waals surface area contributed by atoms with Crippen molar-refractivity contribution in [1.82, 2.24) is 10.2 Å². The summed E-state index contributed by atoms with van der Waals surface area (Å²) in [5.74, 6) is 0.909. The fourth-order valence-corrected chi connectivity index (χ4v) is 3.44. The maximum absolute atomic E-state index is 6.24. The molecule has 0 radical (unpaired) electrons. The molecule has 1 atom stereocenters. The van der Waals surface area contributed by atoms with Crippen LogP contribution in [0.15, 0.2) is 18.2 Å². The van der Waals surface area contributed by atoms with Crippen molar-refractivity contribution < 1.29 is 0 Å². The zero-order valence-electron chi connectivity index (χ0n) is 13.0. The Bertz CT molecular complexity index is 442. The SMILES string of the molecule is CC1CCN(CCCNC(C)c2ccc(Cl)cc2Cl)CC1. The first-order valence-corrected chi connectivity index (χ1v) is 8.72. The lowest BCUT2D eigenvalue weighted by molar-refractivity contribution is 0.190. The van der Waals surface area contributed by atoms with Gasteiger partial charge in [-0.1, -0.05) is 36.2 Å².